The summed E-state index contributed by atoms with van der Waals surface area (Å²) >= 11 is 1.64. The van der Waals surface area contributed by atoms with Crippen LogP contribution in [0.25, 0.3) is 20.8 Å². The van der Waals surface area contributed by atoms with Crippen molar-refractivity contribution in [2.45, 2.75) is 19.4 Å². The summed E-state index contributed by atoms with van der Waals surface area (Å²) in [6, 6.07) is 9.96. The van der Waals surface area contributed by atoms with E-state index in [0.717, 1.165) is 33.0 Å². The van der Waals surface area contributed by atoms with Crippen LogP contribution in [-0.4, -0.2) is 22.6 Å². The number of nitrogens with zero attached hydrogens (tertiary/aromatic N) is 2. The van der Waals surface area contributed by atoms with Crippen LogP contribution in [0.2, 0.25) is 0 Å². The molecular formula is C16H17N3OS. The Hall–Kier alpha value is -1.98. The summed E-state index contributed by atoms with van der Waals surface area (Å²) in [5, 5.41) is 0.953. The Morgan fingerprint density at radius 1 is 1.29 bits per heavy atom. The van der Waals surface area contributed by atoms with Crippen molar-refractivity contribution in [1.29, 1.82) is 0 Å². The van der Waals surface area contributed by atoms with Crippen molar-refractivity contribution >= 4 is 21.6 Å². The summed E-state index contributed by atoms with van der Waals surface area (Å²) in [4.78, 5) is 8.84. The molecule has 108 valence electrons. The molecule has 4 nitrogen and oxygen atoms in total. The maximum atomic E-state index is 5.91. The second kappa shape index (κ2) is 6.20. The summed E-state index contributed by atoms with van der Waals surface area (Å²) in [6.45, 7) is 2.56. The van der Waals surface area contributed by atoms with Gasteiger partial charge in [0.1, 0.15) is 22.9 Å². The summed E-state index contributed by atoms with van der Waals surface area (Å²) in [5.74, 6) is 0.794. The van der Waals surface area contributed by atoms with Gasteiger partial charge in [-0.3, -0.25) is 4.98 Å². The Morgan fingerprint density at radius 3 is 2.95 bits per heavy atom. The first-order chi connectivity index (χ1) is 10.3. The number of nitrogens with two attached hydrogens (primary N) is 1. The van der Waals surface area contributed by atoms with Gasteiger partial charge in [0, 0.05) is 24.0 Å². The van der Waals surface area contributed by atoms with Gasteiger partial charge in [-0.15, -0.1) is 11.3 Å². The Labute approximate surface area is 127 Å². The van der Waals surface area contributed by atoms with Crippen molar-refractivity contribution in [2.75, 3.05) is 6.61 Å². The lowest BCUT2D eigenvalue weighted by Crippen LogP contribution is -2.26. The number of rotatable bonds is 5. The van der Waals surface area contributed by atoms with E-state index in [2.05, 4.69) is 18.0 Å². The van der Waals surface area contributed by atoms with Crippen molar-refractivity contribution in [1.82, 2.24) is 9.97 Å². The highest BCUT2D eigenvalue weighted by molar-refractivity contribution is 7.21. The molecule has 0 radical (unpaired) electrons. The average Bonchev–Trinajstić information content (AvgIpc) is 2.98. The van der Waals surface area contributed by atoms with Crippen LogP contribution in [0.4, 0.5) is 0 Å². The molecule has 21 heavy (non-hydrogen) atoms. The molecule has 2 N–H and O–H groups in total. The van der Waals surface area contributed by atoms with Gasteiger partial charge >= 0.3 is 0 Å². The van der Waals surface area contributed by atoms with E-state index >= 15 is 0 Å². The van der Waals surface area contributed by atoms with Crippen LogP contribution in [0, 0.1) is 0 Å². The lowest BCUT2D eigenvalue weighted by molar-refractivity contribution is 0.288. The zero-order valence-electron chi connectivity index (χ0n) is 11.8. The van der Waals surface area contributed by atoms with Crippen molar-refractivity contribution in [3.63, 3.8) is 0 Å². The molecule has 0 aliphatic carbocycles. The number of aromatic nitrogens is 2. The average molecular weight is 299 g/mol. The van der Waals surface area contributed by atoms with Crippen LogP contribution in [0.5, 0.6) is 5.75 Å². The molecule has 1 unspecified atom stereocenters. The Bertz CT molecular complexity index is 727. The normalized spacial score (nSPS) is 12.5. The van der Waals surface area contributed by atoms with Gasteiger partial charge in [0.15, 0.2) is 0 Å². The maximum Gasteiger partial charge on any atom is 0.146 e. The van der Waals surface area contributed by atoms with E-state index in [1.165, 1.54) is 0 Å². The predicted octanol–water partition coefficient (Wildman–Crippen LogP) is 3.47. The van der Waals surface area contributed by atoms with Crippen LogP contribution >= 0.6 is 11.3 Å². The molecule has 5 heteroatoms. The number of pyridine rings is 1. The number of ether oxygens (including phenoxy) is 1. The van der Waals surface area contributed by atoms with E-state index < -0.39 is 0 Å². The van der Waals surface area contributed by atoms with Gasteiger partial charge in [-0.05, 0) is 30.7 Å². The maximum absolute atomic E-state index is 5.91. The van der Waals surface area contributed by atoms with Crippen LogP contribution in [0.1, 0.15) is 13.3 Å². The third-order valence-electron chi connectivity index (χ3n) is 3.27. The van der Waals surface area contributed by atoms with Crippen molar-refractivity contribution in [2.24, 2.45) is 5.73 Å². The minimum atomic E-state index is 0.0525. The van der Waals surface area contributed by atoms with Crippen molar-refractivity contribution in [3.8, 4) is 16.3 Å². The Kier molecular flexibility index (Phi) is 4.13. The van der Waals surface area contributed by atoms with Crippen LogP contribution in [-0.2, 0) is 0 Å². The molecule has 0 aliphatic heterocycles. The molecule has 1 aromatic carbocycles. The lowest BCUT2D eigenvalue weighted by atomic mass is 10.2. The third kappa shape index (κ3) is 3.04. The predicted molar refractivity (Wildman–Crippen MR) is 86.6 cm³/mol. The highest BCUT2D eigenvalue weighted by atomic mass is 32.1. The standard InChI is InChI=1S/C16H17N3OS/c1-2-12(17)10-20-13-6-3-7-14-15(13)19-16(21-14)11-5-4-8-18-9-11/h3-9,12H,2,10,17H2,1H3. The van der Waals surface area contributed by atoms with Crippen molar-refractivity contribution in [3.05, 3.63) is 42.7 Å². The fraction of sp³-hybridized carbons (Fsp3) is 0.250. The minimum Gasteiger partial charge on any atom is -0.490 e. The first kappa shape index (κ1) is 14.0. The van der Waals surface area contributed by atoms with Gasteiger partial charge in [-0.25, -0.2) is 4.98 Å². The van der Waals surface area contributed by atoms with E-state index in [1.807, 2.05) is 30.5 Å². The highest BCUT2D eigenvalue weighted by Gasteiger charge is 2.11. The summed E-state index contributed by atoms with van der Waals surface area (Å²) in [7, 11) is 0. The molecule has 0 spiro atoms. The first-order valence-corrected chi connectivity index (χ1v) is 7.78. The summed E-state index contributed by atoms with van der Waals surface area (Å²) in [5.41, 5.74) is 7.83. The molecule has 1 atom stereocenters. The molecule has 3 aromatic rings. The molecular weight excluding hydrogens is 282 g/mol. The lowest BCUT2D eigenvalue weighted by Gasteiger charge is -2.11. The van der Waals surface area contributed by atoms with Gasteiger partial charge < -0.3 is 10.5 Å². The molecule has 0 saturated heterocycles. The SMILES string of the molecule is CCC(N)COc1cccc2sc(-c3cccnc3)nc12. The molecule has 0 bridgehead atoms. The van der Waals surface area contributed by atoms with Gasteiger partial charge in [0.25, 0.3) is 0 Å². The number of fused-ring (bicyclic) bond motifs is 1. The summed E-state index contributed by atoms with van der Waals surface area (Å²) < 4.78 is 6.93. The number of thiazole rings is 1. The number of benzene rings is 1. The zero-order chi connectivity index (χ0) is 14.7. The second-order valence-electron chi connectivity index (χ2n) is 4.84. The molecule has 2 aromatic heterocycles. The Balaban J connectivity index is 1.94. The second-order valence-corrected chi connectivity index (χ2v) is 5.87. The van der Waals surface area contributed by atoms with Gasteiger partial charge in [0.2, 0.25) is 0 Å². The number of hydrogen-bond acceptors (Lipinski definition) is 5. The molecule has 3 rings (SSSR count). The van der Waals surface area contributed by atoms with Gasteiger partial charge in [-0.1, -0.05) is 13.0 Å². The van der Waals surface area contributed by atoms with Crippen molar-refractivity contribution < 1.29 is 4.74 Å². The smallest absolute Gasteiger partial charge is 0.146 e. The van der Waals surface area contributed by atoms with E-state index in [9.17, 15) is 0 Å². The number of para-hydroxylation sites is 1. The van der Waals surface area contributed by atoms with E-state index in [1.54, 1.807) is 17.5 Å². The fourth-order valence-corrected chi connectivity index (χ4v) is 2.94. The first-order valence-electron chi connectivity index (χ1n) is 6.96. The fourth-order valence-electron chi connectivity index (χ4n) is 1.97. The van der Waals surface area contributed by atoms with Crippen LogP contribution in [0.3, 0.4) is 0 Å². The van der Waals surface area contributed by atoms with E-state index in [0.29, 0.717) is 6.61 Å². The number of hydrogen-bond donors (Lipinski definition) is 1. The molecule has 0 fully saturated rings. The molecule has 2 heterocycles. The van der Waals surface area contributed by atoms with Crippen LogP contribution < -0.4 is 10.5 Å². The van der Waals surface area contributed by atoms with Crippen LogP contribution in [0.15, 0.2) is 42.7 Å². The zero-order valence-corrected chi connectivity index (χ0v) is 12.6. The van der Waals surface area contributed by atoms with E-state index in [-0.39, 0.29) is 6.04 Å². The van der Waals surface area contributed by atoms with Gasteiger partial charge in [0.05, 0.1) is 4.70 Å². The quantitative estimate of drug-likeness (QED) is 0.783. The largest absolute Gasteiger partial charge is 0.490 e. The summed E-state index contributed by atoms with van der Waals surface area (Å²) in [6.07, 6.45) is 4.48. The molecule has 0 aliphatic rings. The topological polar surface area (TPSA) is 61.0 Å². The monoisotopic (exact) mass is 299 g/mol. The van der Waals surface area contributed by atoms with Gasteiger partial charge in [-0.2, -0.15) is 0 Å². The highest BCUT2D eigenvalue weighted by Crippen LogP contribution is 2.34. The molecule has 0 amide bonds. The molecule has 0 saturated carbocycles. The minimum absolute atomic E-state index is 0.0525. The van der Waals surface area contributed by atoms with E-state index in [4.69, 9.17) is 15.5 Å². The third-order valence-corrected chi connectivity index (χ3v) is 4.34. The Morgan fingerprint density at radius 2 is 2.19 bits per heavy atom.